The molecular weight excluding hydrogens is 448 g/mol. The molecule has 1 aliphatic carbocycles. The first-order chi connectivity index (χ1) is 16.4. The Hall–Kier alpha value is -3.32. The molecule has 0 saturated heterocycles. The topological polar surface area (TPSA) is 75.7 Å². The fourth-order valence-electron chi connectivity index (χ4n) is 4.31. The summed E-state index contributed by atoms with van der Waals surface area (Å²) < 4.78 is 33.2. The fraction of sp³-hybridized carbons (Fsp3) is 0.296. The largest absolute Gasteiger partial charge is 0.497 e. The molecule has 7 heteroatoms. The summed E-state index contributed by atoms with van der Waals surface area (Å²) in [6.07, 6.45) is 4.57. The van der Waals surface area contributed by atoms with Gasteiger partial charge in [0.15, 0.2) is 0 Å². The molecule has 0 heterocycles. The van der Waals surface area contributed by atoms with Crippen LogP contribution in [0.15, 0.2) is 77.7 Å². The number of rotatable bonds is 8. The van der Waals surface area contributed by atoms with Gasteiger partial charge in [-0.05, 0) is 85.7 Å². The average molecular weight is 479 g/mol. The van der Waals surface area contributed by atoms with Gasteiger partial charge in [0.2, 0.25) is 5.91 Å². The highest BCUT2D eigenvalue weighted by atomic mass is 32.2. The molecule has 0 bridgehead atoms. The van der Waals surface area contributed by atoms with Gasteiger partial charge in [0.1, 0.15) is 12.3 Å². The van der Waals surface area contributed by atoms with Crippen LogP contribution in [0.5, 0.6) is 5.75 Å². The first kappa shape index (κ1) is 23.8. The van der Waals surface area contributed by atoms with Gasteiger partial charge in [-0.1, -0.05) is 36.4 Å². The molecule has 6 nitrogen and oxygen atoms in total. The van der Waals surface area contributed by atoms with Crippen LogP contribution in [0.3, 0.4) is 0 Å². The van der Waals surface area contributed by atoms with E-state index in [4.69, 9.17) is 4.74 Å². The van der Waals surface area contributed by atoms with Crippen LogP contribution in [-0.4, -0.2) is 28.0 Å². The number of hydrogen-bond donors (Lipinski definition) is 1. The quantitative estimate of drug-likeness (QED) is 0.512. The van der Waals surface area contributed by atoms with Crippen LogP contribution in [0, 0.1) is 0 Å². The second-order valence-corrected chi connectivity index (χ2v) is 10.4. The molecule has 0 radical (unpaired) electrons. The van der Waals surface area contributed by atoms with Crippen LogP contribution in [0.2, 0.25) is 0 Å². The minimum absolute atomic E-state index is 0.126. The van der Waals surface area contributed by atoms with Gasteiger partial charge < -0.3 is 10.1 Å². The predicted octanol–water partition coefficient (Wildman–Crippen LogP) is 4.65. The van der Waals surface area contributed by atoms with E-state index in [0.717, 1.165) is 22.7 Å². The van der Waals surface area contributed by atoms with Crippen LogP contribution in [0.1, 0.15) is 42.5 Å². The van der Waals surface area contributed by atoms with Crippen molar-refractivity contribution in [3.05, 3.63) is 89.5 Å². The predicted molar refractivity (Wildman–Crippen MR) is 134 cm³/mol. The van der Waals surface area contributed by atoms with Crippen LogP contribution in [0.4, 0.5) is 5.69 Å². The number of carbonyl (C=O) groups is 1. The Kier molecular flexibility index (Phi) is 7.22. The Labute approximate surface area is 201 Å². The van der Waals surface area contributed by atoms with Crippen molar-refractivity contribution in [2.75, 3.05) is 18.0 Å². The molecule has 1 aliphatic rings. The number of carbonyl (C=O) groups excluding carboxylic acids is 1. The number of fused-ring (bicyclic) bond motifs is 1. The molecule has 1 atom stereocenters. The Morgan fingerprint density at radius 3 is 2.32 bits per heavy atom. The molecule has 0 fully saturated rings. The number of sulfonamides is 1. The minimum Gasteiger partial charge on any atom is -0.497 e. The van der Waals surface area contributed by atoms with E-state index < -0.39 is 10.0 Å². The molecule has 4 rings (SSSR count). The second kappa shape index (κ2) is 10.3. The Balaban J connectivity index is 1.56. The first-order valence-corrected chi connectivity index (χ1v) is 13.0. The average Bonchev–Trinajstić information content (AvgIpc) is 2.87. The summed E-state index contributed by atoms with van der Waals surface area (Å²) in [6.45, 7) is 1.59. The third kappa shape index (κ3) is 5.25. The first-order valence-electron chi connectivity index (χ1n) is 11.5. The number of ether oxygens (including phenoxy) is 1. The lowest BCUT2D eigenvalue weighted by Gasteiger charge is -2.25. The molecule has 34 heavy (non-hydrogen) atoms. The molecule has 0 aromatic heterocycles. The van der Waals surface area contributed by atoms with E-state index in [1.807, 2.05) is 6.92 Å². The van der Waals surface area contributed by atoms with Crippen molar-refractivity contribution in [2.45, 2.75) is 43.5 Å². The third-order valence-corrected chi connectivity index (χ3v) is 8.02. The molecule has 0 spiro atoms. The van der Waals surface area contributed by atoms with E-state index in [-0.39, 0.29) is 23.4 Å². The molecule has 178 valence electrons. The van der Waals surface area contributed by atoms with Gasteiger partial charge in [0.05, 0.1) is 23.7 Å². The number of methoxy groups -OCH3 is 1. The van der Waals surface area contributed by atoms with Crippen molar-refractivity contribution in [2.24, 2.45) is 0 Å². The Morgan fingerprint density at radius 1 is 0.971 bits per heavy atom. The number of amides is 1. The molecule has 0 aliphatic heterocycles. The molecule has 1 amide bonds. The zero-order valence-electron chi connectivity index (χ0n) is 19.5. The maximum absolute atomic E-state index is 13.5. The second-order valence-electron chi connectivity index (χ2n) is 8.55. The minimum atomic E-state index is -3.95. The highest BCUT2D eigenvalue weighted by molar-refractivity contribution is 7.92. The van der Waals surface area contributed by atoms with Gasteiger partial charge in [0, 0.05) is 0 Å². The highest BCUT2D eigenvalue weighted by Crippen LogP contribution is 2.27. The lowest BCUT2D eigenvalue weighted by molar-refractivity contribution is -0.120. The highest BCUT2D eigenvalue weighted by Gasteiger charge is 2.27. The van der Waals surface area contributed by atoms with Crippen molar-refractivity contribution in [1.82, 2.24) is 5.32 Å². The third-order valence-electron chi connectivity index (χ3n) is 6.23. The summed E-state index contributed by atoms with van der Waals surface area (Å²) in [4.78, 5) is 13.2. The van der Waals surface area contributed by atoms with Gasteiger partial charge in [-0.2, -0.15) is 0 Å². The van der Waals surface area contributed by atoms with Crippen LogP contribution < -0.4 is 14.4 Å². The summed E-state index contributed by atoms with van der Waals surface area (Å²) in [5, 5.41) is 2.98. The van der Waals surface area contributed by atoms with Crippen molar-refractivity contribution in [3.63, 3.8) is 0 Å². The van der Waals surface area contributed by atoms with Crippen LogP contribution >= 0.6 is 0 Å². The van der Waals surface area contributed by atoms with E-state index in [1.165, 1.54) is 36.1 Å². The molecule has 3 aromatic carbocycles. The molecule has 0 saturated carbocycles. The fourth-order valence-corrected chi connectivity index (χ4v) is 5.75. The molecular formula is C27H30N2O4S. The molecule has 1 N–H and O–H groups in total. The maximum Gasteiger partial charge on any atom is 0.264 e. The van der Waals surface area contributed by atoms with Crippen LogP contribution in [-0.2, 0) is 27.7 Å². The van der Waals surface area contributed by atoms with Crippen molar-refractivity contribution >= 4 is 21.6 Å². The normalized spacial score (nSPS) is 14.1. The lowest BCUT2D eigenvalue weighted by Crippen LogP contribution is -2.41. The summed E-state index contributed by atoms with van der Waals surface area (Å²) >= 11 is 0. The number of aryl methyl sites for hydroxylation is 2. The van der Waals surface area contributed by atoms with E-state index in [1.54, 1.807) is 49.6 Å². The Bertz CT molecular complexity index is 1240. The van der Waals surface area contributed by atoms with Gasteiger partial charge >= 0.3 is 0 Å². The monoisotopic (exact) mass is 478 g/mol. The van der Waals surface area contributed by atoms with E-state index in [2.05, 4.69) is 23.5 Å². The number of nitrogens with one attached hydrogen (secondary N) is 1. The van der Waals surface area contributed by atoms with Crippen molar-refractivity contribution in [1.29, 1.82) is 0 Å². The number of anilines is 1. The standard InChI is InChI=1S/C27H30N2O4S/c1-20(22-13-12-21-8-6-7-9-23(21)18-22)28-27(30)19-29(24-14-16-25(33-2)17-15-24)34(31,32)26-10-4-3-5-11-26/h3-5,10-18,20H,6-9,19H2,1-2H3,(H,28,30)/t20-/m1/s1. The number of benzene rings is 3. The van der Waals surface area contributed by atoms with Gasteiger partial charge in [0.25, 0.3) is 10.0 Å². The van der Waals surface area contributed by atoms with Crippen molar-refractivity contribution in [3.8, 4) is 5.75 Å². The lowest BCUT2D eigenvalue weighted by atomic mass is 9.89. The summed E-state index contributed by atoms with van der Waals surface area (Å²) in [5.41, 5.74) is 4.14. The van der Waals surface area contributed by atoms with Gasteiger partial charge in [-0.25, -0.2) is 8.42 Å². The van der Waals surface area contributed by atoms with E-state index in [9.17, 15) is 13.2 Å². The van der Waals surface area contributed by atoms with Crippen molar-refractivity contribution < 1.29 is 17.9 Å². The van der Waals surface area contributed by atoms with Gasteiger partial charge in [-0.3, -0.25) is 9.10 Å². The summed E-state index contributed by atoms with van der Waals surface area (Å²) in [6, 6.07) is 20.9. The Morgan fingerprint density at radius 2 is 1.65 bits per heavy atom. The SMILES string of the molecule is COc1ccc(N(CC(=O)N[C@H](C)c2ccc3c(c2)CCCC3)S(=O)(=O)c2ccccc2)cc1. The van der Waals surface area contributed by atoms with Crippen LogP contribution in [0.25, 0.3) is 0 Å². The summed E-state index contributed by atoms with van der Waals surface area (Å²) in [5.74, 6) is 0.229. The van der Waals surface area contributed by atoms with E-state index in [0.29, 0.717) is 11.4 Å². The van der Waals surface area contributed by atoms with Gasteiger partial charge in [-0.15, -0.1) is 0 Å². The van der Waals surface area contributed by atoms with E-state index >= 15 is 0 Å². The molecule has 0 unspecified atom stereocenters. The zero-order chi connectivity index (χ0) is 24.1. The summed E-state index contributed by atoms with van der Waals surface area (Å²) in [7, 11) is -2.40. The number of hydrogen-bond acceptors (Lipinski definition) is 4. The molecule has 3 aromatic rings. The maximum atomic E-state index is 13.5. The number of nitrogens with zero attached hydrogens (tertiary/aromatic N) is 1. The zero-order valence-corrected chi connectivity index (χ0v) is 20.3. The smallest absolute Gasteiger partial charge is 0.264 e.